The number of benzene rings is 1. The van der Waals surface area contributed by atoms with Gasteiger partial charge in [0.1, 0.15) is 0 Å². The van der Waals surface area contributed by atoms with Gasteiger partial charge in [0.15, 0.2) is 0 Å². The molecule has 23 heavy (non-hydrogen) atoms. The second-order valence-corrected chi connectivity index (χ2v) is 6.84. The lowest BCUT2D eigenvalue weighted by Gasteiger charge is -2.31. The molecule has 1 aromatic rings. The summed E-state index contributed by atoms with van der Waals surface area (Å²) in [4.78, 5) is 14.4. The Labute approximate surface area is 140 Å². The Balaban J connectivity index is 1.77. The zero-order valence-corrected chi connectivity index (χ0v) is 15.0. The van der Waals surface area contributed by atoms with Crippen molar-refractivity contribution in [2.75, 3.05) is 33.2 Å². The summed E-state index contributed by atoms with van der Waals surface area (Å²) < 4.78 is 0. The number of nitrogens with one attached hydrogen (secondary N) is 2. The highest BCUT2D eigenvalue weighted by atomic mass is 16.2. The van der Waals surface area contributed by atoms with Crippen molar-refractivity contribution in [3.63, 3.8) is 0 Å². The van der Waals surface area contributed by atoms with Gasteiger partial charge in [0.05, 0.1) is 6.54 Å². The lowest BCUT2D eigenvalue weighted by atomic mass is 9.97. The molecule has 0 aliphatic carbocycles. The summed E-state index contributed by atoms with van der Waals surface area (Å²) in [6.45, 7) is 9.67. The molecule has 0 radical (unpaired) electrons. The summed E-state index contributed by atoms with van der Waals surface area (Å²) in [6.07, 6.45) is 3.28. The third-order valence-electron chi connectivity index (χ3n) is 4.82. The molecule has 1 saturated heterocycles. The molecule has 0 bridgehead atoms. The Kier molecular flexibility index (Phi) is 6.60. The number of carbonyl (C=O) groups is 1. The number of nitrogens with zero attached hydrogens (tertiary/aromatic N) is 1. The summed E-state index contributed by atoms with van der Waals surface area (Å²) in [5.74, 6) is 0.143. The molecule has 0 spiro atoms. The van der Waals surface area contributed by atoms with Crippen molar-refractivity contribution in [3.8, 4) is 0 Å². The quantitative estimate of drug-likeness (QED) is 0.843. The van der Waals surface area contributed by atoms with Gasteiger partial charge in [-0.15, -0.1) is 0 Å². The number of hydrogen-bond acceptors (Lipinski definition) is 3. The minimum Gasteiger partial charge on any atom is -0.355 e. The van der Waals surface area contributed by atoms with E-state index in [1.807, 2.05) is 7.05 Å². The number of rotatable bonds is 6. The molecule has 1 aliphatic rings. The molecule has 2 N–H and O–H groups in total. The molecule has 0 aromatic heterocycles. The zero-order chi connectivity index (χ0) is 16.8. The Morgan fingerprint density at radius 1 is 1.26 bits per heavy atom. The van der Waals surface area contributed by atoms with E-state index in [0.29, 0.717) is 19.1 Å². The van der Waals surface area contributed by atoms with Crippen LogP contribution in [0.4, 0.5) is 0 Å². The van der Waals surface area contributed by atoms with Crippen molar-refractivity contribution in [1.82, 2.24) is 15.5 Å². The molecule has 1 unspecified atom stereocenters. The minimum absolute atomic E-state index is 0.143. The van der Waals surface area contributed by atoms with Gasteiger partial charge in [0.25, 0.3) is 0 Å². The molecule has 0 saturated carbocycles. The number of piperidine rings is 1. The number of aryl methyl sites for hydroxylation is 3. The van der Waals surface area contributed by atoms with Gasteiger partial charge < -0.3 is 10.6 Å². The van der Waals surface area contributed by atoms with Crippen LogP contribution in [0.5, 0.6) is 0 Å². The first kappa shape index (κ1) is 18.0. The van der Waals surface area contributed by atoms with Crippen LogP contribution in [-0.2, 0) is 11.2 Å². The standard InChI is InChI=1S/C19H31N3O/c1-14-10-15(2)18(16(3)11-14)7-8-21-19(23)13-22-9-5-6-17(12-22)20-4/h10-11,17,20H,5-9,12-13H2,1-4H3,(H,21,23). The molecule has 1 atom stereocenters. The van der Waals surface area contributed by atoms with Gasteiger partial charge in [-0.2, -0.15) is 0 Å². The Hall–Kier alpha value is -1.39. The smallest absolute Gasteiger partial charge is 0.234 e. The molecule has 4 heteroatoms. The molecule has 1 heterocycles. The first-order valence-corrected chi connectivity index (χ1v) is 8.72. The predicted molar refractivity (Wildman–Crippen MR) is 95.9 cm³/mol. The largest absolute Gasteiger partial charge is 0.355 e. The van der Waals surface area contributed by atoms with Crippen LogP contribution in [0.25, 0.3) is 0 Å². The lowest BCUT2D eigenvalue weighted by Crippen LogP contribution is -2.48. The van der Waals surface area contributed by atoms with Crippen LogP contribution in [-0.4, -0.2) is 50.1 Å². The Morgan fingerprint density at radius 2 is 1.96 bits per heavy atom. The van der Waals surface area contributed by atoms with Crippen LogP contribution >= 0.6 is 0 Å². The number of carbonyl (C=O) groups excluding carboxylic acids is 1. The SMILES string of the molecule is CNC1CCCN(CC(=O)NCCc2c(C)cc(C)cc2C)C1. The molecule has 1 aliphatic heterocycles. The van der Waals surface area contributed by atoms with Gasteiger partial charge in [-0.1, -0.05) is 17.7 Å². The van der Waals surface area contributed by atoms with E-state index in [-0.39, 0.29) is 5.91 Å². The van der Waals surface area contributed by atoms with Gasteiger partial charge in [-0.05, 0) is 70.3 Å². The van der Waals surface area contributed by atoms with Crippen molar-refractivity contribution in [3.05, 3.63) is 34.4 Å². The van der Waals surface area contributed by atoms with Gasteiger partial charge in [0, 0.05) is 19.1 Å². The maximum absolute atomic E-state index is 12.1. The Bertz CT molecular complexity index is 518. The maximum Gasteiger partial charge on any atom is 0.234 e. The average molecular weight is 317 g/mol. The summed E-state index contributed by atoms with van der Waals surface area (Å²) in [7, 11) is 2.00. The molecule has 2 rings (SSSR count). The lowest BCUT2D eigenvalue weighted by molar-refractivity contribution is -0.122. The highest BCUT2D eigenvalue weighted by molar-refractivity contribution is 5.78. The fourth-order valence-corrected chi connectivity index (χ4v) is 3.62. The van der Waals surface area contributed by atoms with Gasteiger partial charge in [-0.25, -0.2) is 0 Å². The third kappa shape index (κ3) is 5.33. The molecule has 1 amide bonds. The first-order chi connectivity index (χ1) is 11.0. The van der Waals surface area contributed by atoms with E-state index < -0.39 is 0 Å². The van der Waals surface area contributed by atoms with Crippen molar-refractivity contribution < 1.29 is 4.79 Å². The topological polar surface area (TPSA) is 44.4 Å². The summed E-state index contributed by atoms with van der Waals surface area (Å²) in [5.41, 5.74) is 5.32. The monoisotopic (exact) mass is 317 g/mol. The summed E-state index contributed by atoms with van der Waals surface area (Å²) in [6, 6.07) is 4.96. The van der Waals surface area contributed by atoms with E-state index in [2.05, 4.69) is 48.4 Å². The molecule has 1 fully saturated rings. The van der Waals surface area contributed by atoms with Gasteiger partial charge >= 0.3 is 0 Å². The van der Waals surface area contributed by atoms with Crippen LogP contribution in [0.2, 0.25) is 0 Å². The highest BCUT2D eigenvalue weighted by Crippen LogP contribution is 2.16. The fraction of sp³-hybridized carbons (Fsp3) is 0.632. The van der Waals surface area contributed by atoms with E-state index in [1.165, 1.54) is 35.1 Å². The molecule has 128 valence electrons. The highest BCUT2D eigenvalue weighted by Gasteiger charge is 2.20. The predicted octanol–water partition coefficient (Wildman–Crippen LogP) is 1.95. The third-order valence-corrected chi connectivity index (χ3v) is 4.82. The number of hydrogen-bond donors (Lipinski definition) is 2. The summed E-state index contributed by atoms with van der Waals surface area (Å²) >= 11 is 0. The zero-order valence-electron chi connectivity index (χ0n) is 15.0. The Morgan fingerprint density at radius 3 is 2.61 bits per heavy atom. The maximum atomic E-state index is 12.1. The minimum atomic E-state index is 0.143. The number of likely N-dealkylation sites (N-methyl/N-ethyl adjacent to an activating group) is 1. The normalized spacial score (nSPS) is 18.9. The van der Waals surface area contributed by atoms with E-state index in [1.54, 1.807) is 0 Å². The van der Waals surface area contributed by atoms with Crippen molar-refractivity contribution in [2.24, 2.45) is 0 Å². The average Bonchev–Trinajstić information content (AvgIpc) is 2.50. The van der Waals surface area contributed by atoms with E-state index >= 15 is 0 Å². The molecular formula is C19H31N3O. The fourth-order valence-electron chi connectivity index (χ4n) is 3.62. The molecule has 1 aromatic carbocycles. The number of amides is 1. The van der Waals surface area contributed by atoms with E-state index in [4.69, 9.17) is 0 Å². The van der Waals surface area contributed by atoms with Crippen LogP contribution < -0.4 is 10.6 Å². The van der Waals surface area contributed by atoms with Crippen LogP contribution in [0.15, 0.2) is 12.1 Å². The molecular weight excluding hydrogens is 286 g/mol. The van der Waals surface area contributed by atoms with E-state index in [0.717, 1.165) is 19.5 Å². The second kappa shape index (κ2) is 8.46. The summed E-state index contributed by atoms with van der Waals surface area (Å²) in [5, 5.41) is 6.39. The van der Waals surface area contributed by atoms with Crippen molar-refractivity contribution in [2.45, 2.75) is 46.1 Å². The van der Waals surface area contributed by atoms with Crippen molar-refractivity contribution in [1.29, 1.82) is 0 Å². The van der Waals surface area contributed by atoms with Crippen LogP contribution in [0, 0.1) is 20.8 Å². The molecule has 4 nitrogen and oxygen atoms in total. The van der Waals surface area contributed by atoms with Gasteiger partial charge in [-0.3, -0.25) is 9.69 Å². The van der Waals surface area contributed by atoms with Crippen LogP contribution in [0.3, 0.4) is 0 Å². The first-order valence-electron chi connectivity index (χ1n) is 8.72. The number of likely N-dealkylation sites (tertiary alicyclic amines) is 1. The van der Waals surface area contributed by atoms with Gasteiger partial charge in [0.2, 0.25) is 5.91 Å². The van der Waals surface area contributed by atoms with Crippen molar-refractivity contribution >= 4 is 5.91 Å². The van der Waals surface area contributed by atoms with Crippen LogP contribution in [0.1, 0.15) is 35.1 Å². The van der Waals surface area contributed by atoms with E-state index in [9.17, 15) is 4.79 Å². The second-order valence-electron chi connectivity index (χ2n) is 6.84.